The Kier molecular flexibility index (Phi) is 3.74. The number of benzene rings is 1. The van der Waals surface area contributed by atoms with E-state index in [1.165, 1.54) is 6.92 Å². The van der Waals surface area contributed by atoms with Gasteiger partial charge in [-0.3, -0.25) is 9.59 Å². The molecule has 1 atom stereocenters. The van der Waals surface area contributed by atoms with Gasteiger partial charge in [0.25, 0.3) is 0 Å². The number of aliphatic carboxylic acids is 1. The van der Waals surface area contributed by atoms with E-state index in [1.807, 2.05) is 26.0 Å². The number of carbonyl (C=O) groups is 2. The lowest BCUT2D eigenvalue weighted by Crippen LogP contribution is -2.39. The Morgan fingerprint density at radius 1 is 1.40 bits per heavy atom. The first kappa shape index (κ1) is 14.0. The van der Waals surface area contributed by atoms with Gasteiger partial charge in [-0.15, -0.1) is 0 Å². The van der Waals surface area contributed by atoms with Gasteiger partial charge in [0.15, 0.2) is 5.58 Å². The van der Waals surface area contributed by atoms with Crippen LogP contribution in [-0.4, -0.2) is 28.2 Å². The molecule has 2 aromatic rings. The first-order valence-corrected chi connectivity index (χ1v) is 6.26. The van der Waals surface area contributed by atoms with E-state index in [0.717, 1.165) is 16.5 Å². The third-order valence-electron chi connectivity index (χ3n) is 3.06. The molecule has 0 radical (unpaired) electrons. The summed E-state index contributed by atoms with van der Waals surface area (Å²) in [6.45, 7) is 5.29. The largest absolute Gasteiger partial charge is 0.480 e. The molecule has 0 fully saturated rings. The number of amides is 1. The van der Waals surface area contributed by atoms with Crippen molar-refractivity contribution in [1.82, 2.24) is 10.5 Å². The van der Waals surface area contributed by atoms with Gasteiger partial charge in [-0.25, -0.2) is 0 Å². The molecule has 1 amide bonds. The smallest absolute Gasteiger partial charge is 0.325 e. The molecule has 2 rings (SSSR count). The predicted octanol–water partition coefficient (Wildman–Crippen LogP) is 1.58. The molecule has 20 heavy (non-hydrogen) atoms. The molecule has 1 aromatic heterocycles. The van der Waals surface area contributed by atoms with Gasteiger partial charge in [0.05, 0.1) is 6.42 Å². The van der Waals surface area contributed by atoms with E-state index in [-0.39, 0.29) is 6.42 Å². The Hall–Kier alpha value is -2.37. The third-order valence-corrected chi connectivity index (χ3v) is 3.06. The quantitative estimate of drug-likeness (QED) is 0.884. The summed E-state index contributed by atoms with van der Waals surface area (Å²) in [5.74, 6) is -1.47. The molecule has 6 nitrogen and oxygen atoms in total. The summed E-state index contributed by atoms with van der Waals surface area (Å²) in [4.78, 5) is 22.5. The number of carbonyl (C=O) groups excluding carboxylic acids is 1. The molecule has 1 heterocycles. The number of carboxylic acids is 1. The van der Waals surface area contributed by atoms with Crippen LogP contribution in [0, 0.1) is 13.8 Å². The number of rotatable bonds is 4. The maximum atomic E-state index is 11.8. The SMILES string of the molecule is Cc1cc(C)c2c(CC(=O)NC(C)C(=O)O)noc2c1. The second-order valence-electron chi connectivity index (χ2n) is 4.89. The molecule has 1 unspecified atom stereocenters. The highest BCUT2D eigenvalue weighted by atomic mass is 16.5. The number of nitrogens with zero attached hydrogens (tertiary/aromatic N) is 1. The number of carboxylic acid groups (broad SMARTS) is 1. The van der Waals surface area contributed by atoms with E-state index in [0.29, 0.717) is 11.3 Å². The molecule has 6 heteroatoms. The fraction of sp³-hybridized carbons (Fsp3) is 0.357. The monoisotopic (exact) mass is 276 g/mol. The van der Waals surface area contributed by atoms with Gasteiger partial charge in [-0.05, 0) is 38.0 Å². The van der Waals surface area contributed by atoms with E-state index in [2.05, 4.69) is 10.5 Å². The Labute approximate surface area is 115 Å². The van der Waals surface area contributed by atoms with Gasteiger partial charge in [0, 0.05) is 5.39 Å². The van der Waals surface area contributed by atoms with Crippen molar-refractivity contribution in [2.75, 3.05) is 0 Å². The molecule has 0 spiro atoms. The predicted molar refractivity (Wildman–Crippen MR) is 72.4 cm³/mol. The van der Waals surface area contributed by atoms with Crippen molar-refractivity contribution in [3.8, 4) is 0 Å². The minimum atomic E-state index is -1.07. The second kappa shape index (κ2) is 5.32. The lowest BCUT2D eigenvalue weighted by molar-refractivity contribution is -0.141. The second-order valence-corrected chi connectivity index (χ2v) is 4.89. The average molecular weight is 276 g/mol. The van der Waals surface area contributed by atoms with Crippen molar-refractivity contribution in [2.24, 2.45) is 0 Å². The molecule has 0 bridgehead atoms. The fourth-order valence-electron chi connectivity index (χ4n) is 2.15. The van der Waals surface area contributed by atoms with E-state index < -0.39 is 17.9 Å². The molecular formula is C14H16N2O4. The van der Waals surface area contributed by atoms with Gasteiger partial charge >= 0.3 is 5.97 Å². The van der Waals surface area contributed by atoms with Crippen LogP contribution in [0.1, 0.15) is 23.7 Å². The van der Waals surface area contributed by atoms with Crippen molar-refractivity contribution in [1.29, 1.82) is 0 Å². The first-order valence-electron chi connectivity index (χ1n) is 6.26. The van der Waals surface area contributed by atoms with Crippen LogP contribution in [0.4, 0.5) is 0 Å². The van der Waals surface area contributed by atoms with Crippen LogP contribution in [0.5, 0.6) is 0 Å². The lowest BCUT2D eigenvalue weighted by Gasteiger charge is -2.08. The van der Waals surface area contributed by atoms with Crippen LogP contribution < -0.4 is 5.32 Å². The minimum Gasteiger partial charge on any atom is -0.480 e. The number of aromatic nitrogens is 1. The minimum absolute atomic E-state index is 0.00544. The van der Waals surface area contributed by atoms with Gasteiger partial charge in [0.1, 0.15) is 11.7 Å². The van der Waals surface area contributed by atoms with Gasteiger partial charge in [-0.2, -0.15) is 0 Å². The zero-order valence-corrected chi connectivity index (χ0v) is 11.6. The summed E-state index contributed by atoms with van der Waals surface area (Å²) < 4.78 is 5.22. The Morgan fingerprint density at radius 2 is 2.10 bits per heavy atom. The summed E-state index contributed by atoms with van der Waals surface area (Å²) in [5.41, 5.74) is 3.20. The topological polar surface area (TPSA) is 92.4 Å². The highest BCUT2D eigenvalue weighted by Gasteiger charge is 2.18. The molecule has 0 aliphatic rings. The Bertz CT molecular complexity index is 675. The van der Waals surface area contributed by atoms with Crippen molar-refractivity contribution in [3.63, 3.8) is 0 Å². The van der Waals surface area contributed by atoms with Crippen molar-refractivity contribution < 1.29 is 19.2 Å². The number of nitrogens with one attached hydrogen (secondary N) is 1. The highest BCUT2D eigenvalue weighted by molar-refractivity contribution is 5.90. The molecule has 2 N–H and O–H groups in total. The molecule has 0 aliphatic heterocycles. The van der Waals surface area contributed by atoms with E-state index in [1.54, 1.807) is 0 Å². The number of hydrogen-bond acceptors (Lipinski definition) is 4. The van der Waals surface area contributed by atoms with Crippen LogP contribution in [0.25, 0.3) is 11.0 Å². The standard InChI is InChI=1S/C14H16N2O4/c1-7-4-8(2)13-10(16-20-11(13)5-7)6-12(17)15-9(3)14(18)19/h4-5,9H,6H2,1-3H3,(H,15,17)(H,18,19). The maximum absolute atomic E-state index is 11.8. The maximum Gasteiger partial charge on any atom is 0.325 e. The van der Waals surface area contributed by atoms with Gasteiger partial charge < -0.3 is 14.9 Å². The zero-order valence-electron chi connectivity index (χ0n) is 11.6. The zero-order chi connectivity index (χ0) is 14.9. The third kappa shape index (κ3) is 2.79. The summed E-state index contributed by atoms with van der Waals surface area (Å²) in [6.07, 6.45) is -0.00544. The van der Waals surface area contributed by atoms with Crippen LogP contribution >= 0.6 is 0 Å². The van der Waals surface area contributed by atoms with Gasteiger partial charge in [-0.1, -0.05) is 11.2 Å². The number of aryl methyl sites for hydroxylation is 2. The summed E-state index contributed by atoms with van der Waals surface area (Å²) in [5, 5.41) is 15.9. The normalized spacial score (nSPS) is 12.3. The molecule has 1 aromatic carbocycles. The lowest BCUT2D eigenvalue weighted by atomic mass is 10.0. The van der Waals surface area contributed by atoms with Crippen LogP contribution in [0.3, 0.4) is 0 Å². The average Bonchev–Trinajstić information content (AvgIpc) is 2.71. The first-order chi connectivity index (χ1) is 9.38. The highest BCUT2D eigenvalue weighted by Crippen LogP contribution is 2.24. The van der Waals surface area contributed by atoms with E-state index >= 15 is 0 Å². The van der Waals surface area contributed by atoms with Crippen LogP contribution in [-0.2, 0) is 16.0 Å². The summed E-state index contributed by atoms with van der Waals surface area (Å²) in [6, 6.07) is 2.92. The molecule has 0 aliphatic carbocycles. The number of hydrogen-bond donors (Lipinski definition) is 2. The Balaban J connectivity index is 2.22. The summed E-state index contributed by atoms with van der Waals surface area (Å²) in [7, 11) is 0. The van der Waals surface area contributed by atoms with Crippen LogP contribution in [0.15, 0.2) is 16.7 Å². The van der Waals surface area contributed by atoms with Crippen molar-refractivity contribution in [3.05, 3.63) is 29.0 Å². The van der Waals surface area contributed by atoms with Crippen LogP contribution in [0.2, 0.25) is 0 Å². The van der Waals surface area contributed by atoms with Crippen molar-refractivity contribution >= 4 is 22.8 Å². The van der Waals surface area contributed by atoms with Crippen molar-refractivity contribution in [2.45, 2.75) is 33.2 Å². The molecular weight excluding hydrogens is 260 g/mol. The Morgan fingerprint density at radius 3 is 2.75 bits per heavy atom. The number of fused-ring (bicyclic) bond motifs is 1. The molecule has 106 valence electrons. The molecule has 0 saturated heterocycles. The van der Waals surface area contributed by atoms with E-state index in [4.69, 9.17) is 9.63 Å². The summed E-state index contributed by atoms with van der Waals surface area (Å²) >= 11 is 0. The van der Waals surface area contributed by atoms with Gasteiger partial charge in [0.2, 0.25) is 5.91 Å². The van der Waals surface area contributed by atoms with E-state index in [9.17, 15) is 9.59 Å². The molecule has 0 saturated carbocycles. The fourth-order valence-corrected chi connectivity index (χ4v) is 2.15.